The summed E-state index contributed by atoms with van der Waals surface area (Å²) >= 11 is 0. The molecule has 0 spiro atoms. The molecule has 0 saturated heterocycles. The quantitative estimate of drug-likeness (QED) is 0.844. The Morgan fingerprint density at radius 1 is 1.38 bits per heavy atom. The Labute approximate surface area is 95.8 Å². The van der Waals surface area contributed by atoms with Crippen molar-refractivity contribution in [3.8, 4) is 5.75 Å². The summed E-state index contributed by atoms with van der Waals surface area (Å²) in [4.78, 5) is 0. The molecule has 1 aromatic rings. The van der Waals surface area contributed by atoms with Gasteiger partial charge in [-0.1, -0.05) is 18.2 Å². The fourth-order valence-corrected chi connectivity index (χ4v) is 2.69. The van der Waals surface area contributed by atoms with E-state index < -0.39 is 15.1 Å². The van der Waals surface area contributed by atoms with Crippen LogP contribution in [0.15, 0.2) is 24.3 Å². The van der Waals surface area contributed by atoms with E-state index >= 15 is 0 Å². The van der Waals surface area contributed by atoms with E-state index in [0.29, 0.717) is 11.3 Å². The van der Waals surface area contributed by atoms with Gasteiger partial charge in [0.1, 0.15) is 5.75 Å². The normalized spacial score (nSPS) is 13.4. The molecule has 0 unspecified atom stereocenters. The molecule has 0 fully saturated rings. The Kier molecular flexibility index (Phi) is 4.32. The minimum absolute atomic E-state index is 0.230. The van der Waals surface area contributed by atoms with Gasteiger partial charge in [-0.25, -0.2) is 8.42 Å². The standard InChI is InChI=1S/C11H16O4S/c1-9(16(13,14)8-7-12)10-5-3-4-6-11(10)15-2/h3-6,9,12H,7-8H2,1-2H3/t9-/m1/s1. The molecule has 0 radical (unpaired) electrons. The van der Waals surface area contributed by atoms with Crippen LogP contribution in [-0.2, 0) is 9.84 Å². The molecule has 0 saturated carbocycles. The molecular weight excluding hydrogens is 228 g/mol. The molecule has 0 aromatic heterocycles. The van der Waals surface area contributed by atoms with Crippen LogP contribution in [0, 0.1) is 0 Å². The van der Waals surface area contributed by atoms with Gasteiger partial charge in [0.25, 0.3) is 0 Å². The highest BCUT2D eigenvalue weighted by Gasteiger charge is 2.24. The van der Waals surface area contributed by atoms with E-state index in [1.165, 1.54) is 7.11 Å². The molecule has 0 bridgehead atoms. The van der Waals surface area contributed by atoms with Crippen molar-refractivity contribution in [2.24, 2.45) is 0 Å². The number of para-hydroxylation sites is 1. The van der Waals surface area contributed by atoms with Crippen LogP contribution in [0.3, 0.4) is 0 Å². The summed E-state index contributed by atoms with van der Waals surface area (Å²) in [5.74, 6) is 0.322. The Hall–Kier alpha value is -1.07. The number of rotatable bonds is 5. The first-order valence-electron chi connectivity index (χ1n) is 4.98. The highest BCUT2D eigenvalue weighted by atomic mass is 32.2. The summed E-state index contributed by atoms with van der Waals surface area (Å²) in [6, 6.07) is 7.00. The van der Waals surface area contributed by atoms with Gasteiger partial charge in [0.15, 0.2) is 9.84 Å². The van der Waals surface area contributed by atoms with E-state index in [-0.39, 0.29) is 12.4 Å². The van der Waals surface area contributed by atoms with Crippen LogP contribution >= 0.6 is 0 Å². The SMILES string of the molecule is COc1ccccc1[C@@H](C)S(=O)(=O)CCO. The van der Waals surface area contributed by atoms with Gasteiger partial charge in [0.2, 0.25) is 0 Å². The van der Waals surface area contributed by atoms with Crippen LogP contribution in [-0.4, -0.2) is 33.0 Å². The first-order chi connectivity index (χ1) is 7.53. The van der Waals surface area contributed by atoms with Gasteiger partial charge in [-0.15, -0.1) is 0 Å². The molecular formula is C11H16O4S. The number of hydrogen-bond acceptors (Lipinski definition) is 4. The van der Waals surface area contributed by atoms with Gasteiger partial charge in [-0.2, -0.15) is 0 Å². The fraction of sp³-hybridized carbons (Fsp3) is 0.455. The number of hydrogen-bond donors (Lipinski definition) is 1. The summed E-state index contributed by atoms with van der Waals surface area (Å²) in [6.07, 6.45) is 0. The van der Waals surface area contributed by atoms with Gasteiger partial charge < -0.3 is 9.84 Å². The van der Waals surface area contributed by atoms with Gasteiger partial charge in [-0.3, -0.25) is 0 Å². The second kappa shape index (κ2) is 5.32. The number of methoxy groups -OCH3 is 1. The lowest BCUT2D eigenvalue weighted by molar-refractivity contribution is 0.319. The highest BCUT2D eigenvalue weighted by molar-refractivity contribution is 7.91. The number of sulfone groups is 1. The van der Waals surface area contributed by atoms with Crippen molar-refractivity contribution < 1.29 is 18.3 Å². The third-order valence-electron chi connectivity index (χ3n) is 2.49. The van der Waals surface area contributed by atoms with Gasteiger partial charge >= 0.3 is 0 Å². The Balaban J connectivity index is 3.09. The van der Waals surface area contributed by atoms with E-state index in [0.717, 1.165) is 0 Å². The number of aliphatic hydroxyl groups excluding tert-OH is 1. The summed E-state index contributed by atoms with van der Waals surface area (Å²) in [5, 5.41) is 8.04. The van der Waals surface area contributed by atoms with E-state index in [1.807, 2.05) is 0 Å². The van der Waals surface area contributed by atoms with E-state index in [4.69, 9.17) is 9.84 Å². The lowest BCUT2D eigenvalue weighted by atomic mass is 10.1. The first-order valence-corrected chi connectivity index (χ1v) is 6.70. The average Bonchev–Trinajstić information content (AvgIpc) is 2.28. The molecule has 0 aliphatic rings. The second-order valence-corrected chi connectivity index (χ2v) is 5.92. The Morgan fingerprint density at radius 2 is 2.00 bits per heavy atom. The summed E-state index contributed by atoms with van der Waals surface area (Å²) in [7, 11) is -1.82. The predicted molar refractivity (Wildman–Crippen MR) is 62.3 cm³/mol. The predicted octanol–water partition coefficient (Wildman–Crippen LogP) is 1.16. The maximum atomic E-state index is 11.8. The largest absolute Gasteiger partial charge is 0.496 e. The van der Waals surface area contributed by atoms with Gasteiger partial charge in [0, 0.05) is 5.56 Å². The first kappa shape index (κ1) is 13.0. The van der Waals surface area contributed by atoms with Gasteiger partial charge in [-0.05, 0) is 13.0 Å². The maximum Gasteiger partial charge on any atom is 0.159 e. The lowest BCUT2D eigenvalue weighted by Gasteiger charge is -2.15. The zero-order valence-corrected chi connectivity index (χ0v) is 10.2. The van der Waals surface area contributed by atoms with Crippen LogP contribution in [0.25, 0.3) is 0 Å². The van der Waals surface area contributed by atoms with Crippen molar-refractivity contribution in [2.75, 3.05) is 19.5 Å². The summed E-state index contributed by atoms with van der Waals surface area (Å²) in [5.41, 5.74) is 0.624. The smallest absolute Gasteiger partial charge is 0.159 e. The number of aliphatic hydroxyl groups is 1. The van der Waals surface area contributed by atoms with E-state index in [9.17, 15) is 8.42 Å². The van der Waals surface area contributed by atoms with Gasteiger partial charge in [0.05, 0.1) is 24.7 Å². The van der Waals surface area contributed by atoms with Crippen molar-refractivity contribution in [3.63, 3.8) is 0 Å². The fourth-order valence-electron chi connectivity index (χ4n) is 1.50. The molecule has 1 rings (SSSR count). The molecule has 0 aliphatic carbocycles. The van der Waals surface area contributed by atoms with Crippen LogP contribution < -0.4 is 4.74 Å². The van der Waals surface area contributed by atoms with Crippen molar-refractivity contribution in [3.05, 3.63) is 29.8 Å². The monoisotopic (exact) mass is 244 g/mol. The van der Waals surface area contributed by atoms with Crippen LogP contribution in [0.4, 0.5) is 0 Å². The van der Waals surface area contributed by atoms with Crippen molar-refractivity contribution in [1.29, 1.82) is 0 Å². The van der Waals surface area contributed by atoms with Crippen molar-refractivity contribution in [2.45, 2.75) is 12.2 Å². The van der Waals surface area contributed by atoms with Crippen LogP contribution in [0.5, 0.6) is 5.75 Å². The van der Waals surface area contributed by atoms with Crippen molar-refractivity contribution >= 4 is 9.84 Å². The third kappa shape index (κ3) is 2.74. The average molecular weight is 244 g/mol. The third-order valence-corrected chi connectivity index (χ3v) is 4.57. The molecule has 4 nitrogen and oxygen atoms in total. The molecule has 1 N–H and O–H groups in total. The maximum absolute atomic E-state index is 11.8. The molecule has 90 valence electrons. The topological polar surface area (TPSA) is 63.6 Å². The van der Waals surface area contributed by atoms with Crippen LogP contribution in [0.1, 0.15) is 17.7 Å². The van der Waals surface area contributed by atoms with Crippen LogP contribution in [0.2, 0.25) is 0 Å². The van der Waals surface area contributed by atoms with E-state index in [1.54, 1.807) is 31.2 Å². The molecule has 0 aliphatic heterocycles. The van der Waals surface area contributed by atoms with E-state index in [2.05, 4.69) is 0 Å². The molecule has 0 amide bonds. The second-order valence-electron chi connectivity index (χ2n) is 3.47. The molecule has 16 heavy (non-hydrogen) atoms. The molecule has 1 aromatic carbocycles. The Bertz CT molecular complexity index is 439. The molecule has 0 heterocycles. The molecule has 1 atom stereocenters. The zero-order valence-electron chi connectivity index (χ0n) is 9.38. The number of benzene rings is 1. The minimum atomic E-state index is -3.33. The summed E-state index contributed by atoms with van der Waals surface area (Å²) in [6.45, 7) is 1.24. The highest BCUT2D eigenvalue weighted by Crippen LogP contribution is 2.30. The van der Waals surface area contributed by atoms with Crippen molar-refractivity contribution in [1.82, 2.24) is 0 Å². The molecule has 5 heteroatoms. The zero-order chi connectivity index (χ0) is 12.2. The minimum Gasteiger partial charge on any atom is -0.496 e. The Morgan fingerprint density at radius 3 is 2.56 bits per heavy atom. The summed E-state index contributed by atoms with van der Waals surface area (Å²) < 4.78 is 28.7. The number of ether oxygens (including phenoxy) is 1. The lowest BCUT2D eigenvalue weighted by Crippen LogP contribution is -2.17.